The molecule has 2 aliphatic heterocycles. The second-order valence-corrected chi connectivity index (χ2v) is 12.0. The molecular weight excluding hydrogens is 540 g/mol. The Bertz CT molecular complexity index is 1390. The van der Waals surface area contributed by atoms with Gasteiger partial charge in [0.05, 0.1) is 12.5 Å². The van der Waals surface area contributed by atoms with Crippen LogP contribution >= 0.6 is 0 Å². The van der Waals surface area contributed by atoms with Crippen molar-refractivity contribution in [3.8, 4) is 17.4 Å². The quantitative estimate of drug-likeness (QED) is 0.339. The van der Waals surface area contributed by atoms with Crippen molar-refractivity contribution < 1.29 is 14.1 Å². The van der Waals surface area contributed by atoms with E-state index < -0.39 is 5.90 Å². The smallest absolute Gasteiger partial charge is 0.245 e. The van der Waals surface area contributed by atoms with Gasteiger partial charge in [-0.3, -0.25) is 4.79 Å². The van der Waals surface area contributed by atoms with Crippen molar-refractivity contribution in [3.05, 3.63) is 11.3 Å². The fourth-order valence-electron chi connectivity index (χ4n) is 6.66. The number of nitrogens with zero attached hydrogens (tertiary/aromatic N) is 6. The summed E-state index contributed by atoms with van der Waals surface area (Å²) >= 11 is 0. The maximum absolute atomic E-state index is 13.1. The van der Waals surface area contributed by atoms with Gasteiger partial charge in [-0.25, -0.2) is 14.6 Å². The zero-order valence-electron chi connectivity index (χ0n) is 26.3. The molecule has 3 unspecified atom stereocenters. The van der Waals surface area contributed by atoms with E-state index in [4.69, 9.17) is 40.0 Å². The molecule has 0 amide bonds. The van der Waals surface area contributed by atoms with Crippen molar-refractivity contribution in [1.29, 1.82) is 0 Å². The van der Waals surface area contributed by atoms with Crippen molar-refractivity contribution in [3.63, 3.8) is 0 Å². The molecule has 4 radical (unpaired) electrons. The van der Waals surface area contributed by atoms with E-state index in [0.29, 0.717) is 53.1 Å². The fourth-order valence-corrected chi connectivity index (χ4v) is 6.66. The lowest BCUT2D eigenvalue weighted by molar-refractivity contribution is -0.121. The highest BCUT2D eigenvalue weighted by atomic mass is 16.5. The van der Waals surface area contributed by atoms with Crippen LogP contribution in [0.3, 0.4) is 0 Å². The molecule has 3 aromatic rings. The molecule has 3 aromatic heterocycles. The minimum Gasteiger partial charge on any atom is -0.493 e. The van der Waals surface area contributed by atoms with E-state index in [1.807, 2.05) is 18.5 Å². The summed E-state index contributed by atoms with van der Waals surface area (Å²) in [6.45, 7) is 11.7. The second kappa shape index (κ2) is 14.3. The number of Topliss-reactive ketones (excluding diaryl/α,β-unsaturated/α-hetero) is 1. The van der Waals surface area contributed by atoms with Crippen molar-refractivity contribution in [2.45, 2.75) is 116 Å². The lowest BCUT2D eigenvalue weighted by Crippen LogP contribution is -2.35. The Kier molecular flexibility index (Phi) is 10.5. The van der Waals surface area contributed by atoms with Crippen LogP contribution < -0.4 is 15.0 Å². The predicted octanol–water partition coefficient (Wildman–Crippen LogP) is 4.67. The third-order valence-corrected chi connectivity index (χ3v) is 8.73. The number of carbonyl (C=O) groups is 1. The Hall–Kier alpha value is -2.88. The zero-order chi connectivity index (χ0) is 30.5. The van der Waals surface area contributed by atoms with Crippen LogP contribution in [0.25, 0.3) is 22.6 Å². The molecule has 1 aliphatic carbocycles. The molecule has 228 valence electrons. The number of rotatable bonds is 10. The van der Waals surface area contributed by atoms with Crippen molar-refractivity contribution >= 4 is 38.3 Å². The first-order valence-corrected chi connectivity index (χ1v) is 16.4. The molecule has 5 heterocycles. The van der Waals surface area contributed by atoms with Crippen LogP contribution in [0.4, 0.5) is 5.82 Å². The van der Waals surface area contributed by atoms with Crippen molar-refractivity contribution in [2.75, 3.05) is 24.5 Å². The van der Waals surface area contributed by atoms with Gasteiger partial charge in [0, 0.05) is 37.0 Å². The molecule has 0 spiro atoms. The van der Waals surface area contributed by atoms with E-state index >= 15 is 0 Å². The van der Waals surface area contributed by atoms with Gasteiger partial charge in [0.15, 0.2) is 22.9 Å². The van der Waals surface area contributed by atoms with E-state index in [0.717, 1.165) is 82.4 Å². The molecule has 0 bridgehead atoms. The first-order chi connectivity index (χ1) is 20.9. The Balaban J connectivity index is 0.00000180. The highest BCUT2D eigenvalue weighted by Gasteiger charge is 2.35. The number of anilines is 1. The number of ketones is 1. The molecule has 1 N–H and O–H groups in total. The summed E-state index contributed by atoms with van der Waals surface area (Å²) in [7, 11) is 11.8. The molecule has 0 aromatic carbocycles. The van der Waals surface area contributed by atoms with E-state index in [9.17, 15) is 4.79 Å². The summed E-state index contributed by atoms with van der Waals surface area (Å²) in [4.78, 5) is 25.5. The van der Waals surface area contributed by atoms with Gasteiger partial charge in [0.1, 0.15) is 32.7 Å². The Morgan fingerprint density at radius 1 is 1.16 bits per heavy atom. The van der Waals surface area contributed by atoms with Gasteiger partial charge in [-0.05, 0) is 63.8 Å². The average molecular weight is 585 g/mol. The topological polar surface area (TPSA) is 111 Å². The average Bonchev–Trinajstić information content (AvgIpc) is 3.76. The van der Waals surface area contributed by atoms with E-state index in [1.165, 1.54) is 6.42 Å². The van der Waals surface area contributed by atoms with Gasteiger partial charge in [0.25, 0.3) is 0 Å². The Morgan fingerprint density at radius 2 is 2.00 bits per heavy atom. The first-order valence-electron chi connectivity index (χ1n) is 16.4. The van der Waals surface area contributed by atoms with Crippen molar-refractivity contribution in [2.24, 2.45) is 5.92 Å². The highest BCUT2D eigenvalue weighted by molar-refractivity contribution is 6.35. The SMILES string of the molecule is CC.[B]C([B])Oc1nn(CC2CCCN2)c2nc(-c3noc4c3CCCC4C(=O)CCCC)nc(N3CCCC(C)C3)c12. The van der Waals surface area contributed by atoms with Crippen LogP contribution in [0.1, 0.15) is 103 Å². The largest absolute Gasteiger partial charge is 0.493 e. The molecule has 0 saturated carbocycles. The molecule has 3 aliphatic rings. The van der Waals surface area contributed by atoms with Gasteiger partial charge in [-0.2, -0.15) is 0 Å². The standard InChI is InChI=1S/C29H39B2N7O3.C2H6/c1-3-4-12-21(39)19-10-5-11-20-23(36-41-24(19)20)25-33-26(37-14-7-8-17(2)15-37)22-27(34-25)38(16-18-9-6-13-32-18)35-28(22)40-29(30)31;1-2/h17-19,29,32H,3-16H2,1-2H3;1-2H3. The van der Waals surface area contributed by atoms with E-state index in [1.54, 1.807) is 0 Å². The minimum absolute atomic E-state index is 0.233. The van der Waals surface area contributed by atoms with Gasteiger partial charge in [0.2, 0.25) is 5.88 Å². The minimum atomic E-state index is -1.02. The van der Waals surface area contributed by atoms with E-state index in [2.05, 4.69) is 29.2 Å². The Morgan fingerprint density at radius 3 is 2.72 bits per heavy atom. The lowest BCUT2D eigenvalue weighted by atomic mass is 9.82. The number of nitrogens with one attached hydrogen (secondary N) is 1. The summed E-state index contributed by atoms with van der Waals surface area (Å²) in [5, 5.41) is 13.6. The highest BCUT2D eigenvalue weighted by Crippen LogP contribution is 2.41. The number of ether oxygens (including phenoxy) is 1. The monoisotopic (exact) mass is 585 g/mol. The maximum atomic E-state index is 13.1. The molecule has 12 heteroatoms. The van der Waals surface area contributed by atoms with Gasteiger partial charge in [-0.15, -0.1) is 5.10 Å². The number of aromatic nitrogens is 5. The van der Waals surface area contributed by atoms with Crippen LogP contribution in [0, 0.1) is 5.92 Å². The van der Waals surface area contributed by atoms with Crippen LogP contribution in [-0.2, 0) is 17.8 Å². The molecule has 6 rings (SSSR count). The number of carbonyl (C=O) groups excluding carboxylic acids is 1. The number of piperidine rings is 1. The second-order valence-electron chi connectivity index (χ2n) is 12.0. The van der Waals surface area contributed by atoms with Crippen LogP contribution in [0.15, 0.2) is 4.52 Å². The Labute approximate surface area is 257 Å². The predicted molar refractivity (Wildman–Crippen MR) is 170 cm³/mol. The zero-order valence-corrected chi connectivity index (χ0v) is 26.3. The maximum Gasteiger partial charge on any atom is 0.245 e. The van der Waals surface area contributed by atoms with Gasteiger partial charge in [-0.1, -0.05) is 39.3 Å². The van der Waals surface area contributed by atoms with Crippen molar-refractivity contribution in [1.82, 2.24) is 30.2 Å². The third-order valence-electron chi connectivity index (χ3n) is 8.73. The molecular formula is C31H45B2N7O3. The molecule has 10 nitrogen and oxygen atoms in total. The van der Waals surface area contributed by atoms with Gasteiger partial charge < -0.3 is 19.5 Å². The summed E-state index contributed by atoms with van der Waals surface area (Å²) in [6.07, 6.45) is 9.35. The summed E-state index contributed by atoms with van der Waals surface area (Å²) in [5.74, 6) is 1.75. The van der Waals surface area contributed by atoms with E-state index in [-0.39, 0.29) is 17.7 Å². The van der Waals surface area contributed by atoms with Crippen LogP contribution in [0.5, 0.6) is 5.88 Å². The third kappa shape index (κ3) is 6.79. The fraction of sp³-hybridized carbons (Fsp3) is 0.710. The molecule has 43 heavy (non-hydrogen) atoms. The molecule has 2 fully saturated rings. The van der Waals surface area contributed by atoms with Gasteiger partial charge >= 0.3 is 0 Å². The number of hydrogen-bond donors (Lipinski definition) is 1. The summed E-state index contributed by atoms with van der Waals surface area (Å²) in [6, 6.07) is 0.282. The molecule has 2 saturated heterocycles. The van der Waals surface area contributed by atoms with Crippen LogP contribution in [-0.4, -0.2) is 78.0 Å². The number of hydrogen-bond acceptors (Lipinski definition) is 9. The lowest BCUT2D eigenvalue weighted by Gasteiger charge is -2.32. The number of fused-ring (bicyclic) bond motifs is 2. The first kappa shape index (κ1) is 31.5. The summed E-state index contributed by atoms with van der Waals surface area (Å²) < 4.78 is 13.7. The normalized spacial score (nSPS) is 22.0. The molecule has 3 atom stereocenters. The van der Waals surface area contributed by atoms with Crippen LogP contribution in [0.2, 0.25) is 0 Å². The summed E-state index contributed by atoms with van der Waals surface area (Å²) in [5.41, 5.74) is 2.23. The number of unbranched alkanes of at least 4 members (excludes halogenated alkanes) is 1.